The van der Waals surface area contributed by atoms with E-state index in [1.165, 1.54) is 11.1 Å². The highest BCUT2D eigenvalue weighted by Crippen LogP contribution is 2.19. The Morgan fingerprint density at radius 2 is 2.17 bits per heavy atom. The minimum Gasteiger partial charge on any atom is -0.496 e. The summed E-state index contributed by atoms with van der Waals surface area (Å²) in [7, 11) is 1.71. The minimum atomic E-state index is 0.980. The first-order chi connectivity index (χ1) is 5.77. The molecule has 1 rings (SSSR count). The van der Waals surface area contributed by atoms with Gasteiger partial charge in [-0.25, -0.2) is 0 Å². The van der Waals surface area contributed by atoms with Gasteiger partial charge < -0.3 is 4.74 Å². The fraction of sp³-hybridized carbons (Fsp3) is 0.400. The van der Waals surface area contributed by atoms with E-state index in [1.807, 2.05) is 0 Å². The second kappa shape index (κ2) is 4.51. The van der Waals surface area contributed by atoms with Crippen LogP contribution in [0.3, 0.4) is 0 Å². The summed E-state index contributed by atoms with van der Waals surface area (Å²) < 4.78 is 5.22. The van der Waals surface area contributed by atoms with Gasteiger partial charge in [-0.05, 0) is 30.5 Å². The zero-order valence-electron chi connectivity index (χ0n) is 7.43. The molecule has 0 atom stereocenters. The van der Waals surface area contributed by atoms with Crippen LogP contribution in [0.2, 0.25) is 0 Å². The number of aryl methyl sites for hydroxylation is 2. The molecule has 1 aromatic rings. The average molecular weight is 229 g/mol. The van der Waals surface area contributed by atoms with Crippen LogP contribution < -0.4 is 4.74 Å². The van der Waals surface area contributed by atoms with Crippen LogP contribution >= 0.6 is 15.9 Å². The molecule has 0 N–H and O–H groups in total. The van der Waals surface area contributed by atoms with Crippen molar-refractivity contribution in [1.29, 1.82) is 0 Å². The summed E-state index contributed by atoms with van der Waals surface area (Å²) in [5.41, 5.74) is 2.50. The van der Waals surface area contributed by atoms with Gasteiger partial charge in [0.1, 0.15) is 5.75 Å². The van der Waals surface area contributed by atoms with Crippen LogP contribution in [0.4, 0.5) is 0 Å². The monoisotopic (exact) mass is 228 g/mol. The predicted octanol–water partition coefficient (Wildman–Crippen LogP) is 2.94. The molecule has 0 saturated heterocycles. The molecule has 1 aromatic carbocycles. The number of halogens is 1. The molecule has 12 heavy (non-hydrogen) atoms. The Labute approximate surface area is 81.9 Å². The van der Waals surface area contributed by atoms with Crippen molar-refractivity contribution in [2.45, 2.75) is 13.3 Å². The van der Waals surface area contributed by atoms with Gasteiger partial charge in [-0.15, -0.1) is 0 Å². The zero-order valence-corrected chi connectivity index (χ0v) is 9.02. The molecule has 0 amide bonds. The van der Waals surface area contributed by atoms with Gasteiger partial charge in [0.05, 0.1) is 7.11 Å². The summed E-state index contributed by atoms with van der Waals surface area (Å²) in [6.07, 6.45) is 1.05. The van der Waals surface area contributed by atoms with Gasteiger partial charge >= 0.3 is 0 Å². The Balaban J connectivity index is 2.89. The summed E-state index contributed by atoms with van der Waals surface area (Å²) in [6.45, 7) is 2.05. The van der Waals surface area contributed by atoms with Crippen LogP contribution in [0, 0.1) is 6.92 Å². The average Bonchev–Trinajstić information content (AvgIpc) is 2.09. The lowest BCUT2D eigenvalue weighted by atomic mass is 10.1. The number of alkyl halides is 1. The number of rotatable bonds is 3. The molecule has 0 unspecified atom stereocenters. The molecule has 1 nitrogen and oxygen atoms in total. The first kappa shape index (κ1) is 9.59. The van der Waals surface area contributed by atoms with Crippen molar-refractivity contribution in [3.05, 3.63) is 29.3 Å². The molecule has 66 valence electrons. The van der Waals surface area contributed by atoms with Crippen molar-refractivity contribution in [1.82, 2.24) is 0 Å². The molecule has 0 radical (unpaired) electrons. The van der Waals surface area contributed by atoms with E-state index < -0.39 is 0 Å². The highest BCUT2D eigenvalue weighted by Gasteiger charge is 1.98. The molecule has 0 spiro atoms. The number of hydrogen-bond donors (Lipinski definition) is 0. The largest absolute Gasteiger partial charge is 0.496 e. The third kappa shape index (κ3) is 2.24. The van der Waals surface area contributed by atoms with Crippen LogP contribution in [0.1, 0.15) is 11.1 Å². The van der Waals surface area contributed by atoms with Crippen molar-refractivity contribution >= 4 is 15.9 Å². The van der Waals surface area contributed by atoms with E-state index in [2.05, 4.69) is 41.1 Å². The van der Waals surface area contributed by atoms with Crippen molar-refractivity contribution in [3.63, 3.8) is 0 Å². The molecule has 2 heteroatoms. The number of ether oxygens (including phenoxy) is 1. The highest BCUT2D eigenvalue weighted by molar-refractivity contribution is 9.09. The van der Waals surface area contributed by atoms with Gasteiger partial charge in [-0.1, -0.05) is 28.1 Å². The second-order valence-corrected chi connectivity index (χ2v) is 3.54. The highest BCUT2D eigenvalue weighted by atomic mass is 79.9. The van der Waals surface area contributed by atoms with Crippen molar-refractivity contribution in [3.8, 4) is 5.75 Å². The standard InChI is InChI=1S/C10H13BrO/c1-8-3-4-9(5-6-11)7-10(8)12-2/h3-4,7H,5-6H2,1-2H3. The van der Waals surface area contributed by atoms with E-state index in [9.17, 15) is 0 Å². The van der Waals surface area contributed by atoms with Crippen LogP contribution in [0.5, 0.6) is 5.75 Å². The Morgan fingerprint density at radius 1 is 1.42 bits per heavy atom. The smallest absolute Gasteiger partial charge is 0.122 e. The molecule has 0 saturated carbocycles. The molecule has 0 aromatic heterocycles. The fourth-order valence-corrected chi connectivity index (χ4v) is 1.59. The minimum absolute atomic E-state index is 0.980. The molecule has 0 fully saturated rings. The first-order valence-corrected chi connectivity index (χ1v) is 5.09. The lowest BCUT2D eigenvalue weighted by Gasteiger charge is -2.06. The molecular formula is C10H13BrO. The fourth-order valence-electron chi connectivity index (χ4n) is 1.13. The van der Waals surface area contributed by atoms with E-state index in [-0.39, 0.29) is 0 Å². The summed E-state index contributed by atoms with van der Waals surface area (Å²) in [5.74, 6) is 0.980. The van der Waals surface area contributed by atoms with Gasteiger partial charge in [0.2, 0.25) is 0 Å². The van der Waals surface area contributed by atoms with Gasteiger partial charge in [-0.3, -0.25) is 0 Å². The topological polar surface area (TPSA) is 9.23 Å². The Kier molecular flexibility index (Phi) is 3.60. The summed E-state index contributed by atoms with van der Waals surface area (Å²) in [5, 5.41) is 0.999. The second-order valence-electron chi connectivity index (χ2n) is 2.74. The van der Waals surface area contributed by atoms with Crippen molar-refractivity contribution in [2.75, 3.05) is 12.4 Å². The van der Waals surface area contributed by atoms with Gasteiger partial charge in [0, 0.05) is 5.33 Å². The van der Waals surface area contributed by atoms with Gasteiger partial charge in [0.25, 0.3) is 0 Å². The normalized spacial score (nSPS) is 9.92. The van der Waals surface area contributed by atoms with Crippen LogP contribution in [0.15, 0.2) is 18.2 Å². The lowest BCUT2D eigenvalue weighted by molar-refractivity contribution is 0.411. The lowest BCUT2D eigenvalue weighted by Crippen LogP contribution is -1.91. The Morgan fingerprint density at radius 3 is 2.75 bits per heavy atom. The van der Waals surface area contributed by atoms with Crippen LogP contribution in [0.25, 0.3) is 0 Å². The van der Waals surface area contributed by atoms with Gasteiger partial charge in [-0.2, -0.15) is 0 Å². The van der Waals surface area contributed by atoms with Crippen molar-refractivity contribution in [2.24, 2.45) is 0 Å². The molecule has 0 bridgehead atoms. The molecule has 0 aliphatic carbocycles. The van der Waals surface area contributed by atoms with E-state index in [1.54, 1.807) is 7.11 Å². The Hall–Kier alpha value is -0.500. The van der Waals surface area contributed by atoms with Crippen molar-refractivity contribution < 1.29 is 4.74 Å². The summed E-state index contributed by atoms with van der Waals surface area (Å²) in [4.78, 5) is 0. The quantitative estimate of drug-likeness (QED) is 0.724. The van der Waals surface area contributed by atoms with Crippen LogP contribution in [-0.2, 0) is 6.42 Å². The van der Waals surface area contributed by atoms with E-state index >= 15 is 0 Å². The molecule has 0 aliphatic rings. The third-order valence-corrected chi connectivity index (χ3v) is 2.25. The molecule has 0 heterocycles. The third-order valence-electron chi connectivity index (χ3n) is 1.86. The first-order valence-electron chi connectivity index (χ1n) is 3.97. The Bertz CT molecular complexity index is 258. The van der Waals surface area contributed by atoms with Crippen LogP contribution in [-0.4, -0.2) is 12.4 Å². The van der Waals surface area contributed by atoms with Gasteiger partial charge in [0.15, 0.2) is 0 Å². The zero-order chi connectivity index (χ0) is 8.97. The maximum Gasteiger partial charge on any atom is 0.122 e. The predicted molar refractivity (Wildman–Crippen MR) is 55.2 cm³/mol. The van der Waals surface area contributed by atoms with E-state index in [0.717, 1.165) is 17.5 Å². The maximum atomic E-state index is 5.22. The summed E-state index contributed by atoms with van der Waals surface area (Å²) >= 11 is 3.41. The number of methoxy groups -OCH3 is 1. The van der Waals surface area contributed by atoms with E-state index in [0.29, 0.717) is 0 Å². The molecule has 0 aliphatic heterocycles. The summed E-state index contributed by atoms with van der Waals surface area (Å²) in [6, 6.07) is 6.33. The number of hydrogen-bond acceptors (Lipinski definition) is 1. The number of benzene rings is 1. The molecular weight excluding hydrogens is 216 g/mol. The van der Waals surface area contributed by atoms with E-state index in [4.69, 9.17) is 4.74 Å². The SMILES string of the molecule is COc1cc(CCBr)ccc1C. The maximum absolute atomic E-state index is 5.22.